The smallest absolute Gasteiger partial charge is 0.276 e. The molecule has 0 aliphatic heterocycles. The van der Waals surface area contributed by atoms with Crippen molar-refractivity contribution in [2.75, 3.05) is 16.9 Å². The van der Waals surface area contributed by atoms with E-state index in [0.717, 1.165) is 18.5 Å². The Hall–Kier alpha value is -2.40. The van der Waals surface area contributed by atoms with Gasteiger partial charge in [-0.2, -0.15) is 0 Å². The quantitative estimate of drug-likeness (QED) is 0.632. The Bertz CT molecular complexity index is 569. The molecule has 110 valence electrons. The average Bonchev–Trinajstić information content (AvgIpc) is 2.56. The van der Waals surface area contributed by atoms with E-state index in [1.54, 1.807) is 23.2 Å². The molecule has 1 aromatic heterocycles. The third-order valence-electron chi connectivity index (χ3n) is 3.20. The van der Waals surface area contributed by atoms with Crippen LogP contribution >= 0.6 is 0 Å². The van der Waals surface area contributed by atoms with Gasteiger partial charge in [-0.25, -0.2) is 4.98 Å². The van der Waals surface area contributed by atoms with Crippen molar-refractivity contribution in [3.8, 4) is 0 Å². The van der Waals surface area contributed by atoms with Crippen molar-refractivity contribution in [1.82, 2.24) is 4.98 Å². The maximum Gasteiger partial charge on any atom is 0.276 e. The van der Waals surface area contributed by atoms with Gasteiger partial charge < -0.3 is 10.3 Å². The minimum Gasteiger partial charge on any atom is -0.323 e. The second-order valence-corrected chi connectivity index (χ2v) is 4.72. The van der Waals surface area contributed by atoms with Crippen LogP contribution in [0.2, 0.25) is 0 Å². The predicted octanol–water partition coefficient (Wildman–Crippen LogP) is 2.81. The topological polar surface area (TPSA) is 71.2 Å². The van der Waals surface area contributed by atoms with Gasteiger partial charge >= 0.3 is 0 Å². The van der Waals surface area contributed by atoms with Crippen LogP contribution in [0, 0.1) is 0 Å². The maximum atomic E-state index is 12.7. The number of carbonyl (C=O) groups is 1. The summed E-state index contributed by atoms with van der Waals surface area (Å²) in [5, 5.41) is 0. The Morgan fingerprint density at radius 2 is 2.00 bits per heavy atom. The lowest BCUT2D eigenvalue weighted by Gasteiger charge is -2.22. The van der Waals surface area contributed by atoms with Crippen LogP contribution in [0.3, 0.4) is 0 Å². The normalized spacial score (nSPS) is 10.2. The first-order valence-corrected chi connectivity index (χ1v) is 7.06. The summed E-state index contributed by atoms with van der Waals surface area (Å²) < 4.78 is 0. The number of aromatic nitrogens is 1. The highest BCUT2D eigenvalue weighted by atomic mass is 16.2. The van der Waals surface area contributed by atoms with Gasteiger partial charge in [0.15, 0.2) is 0 Å². The molecule has 2 rings (SSSR count). The molecule has 1 aromatic carbocycles. The molecule has 1 amide bonds. The van der Waals surface area contributed by atoms with Crippen LogP contribution in [0.1, 0.15) is 30.3 Å². The van der Waals surface area contributed by atoms with Crippen LogP contribution in [-0.2, 0) is 0 Å². The highest BCUT2D eigenvalue weighted by Gasteiger charge is 2.18. The van der Waals surface area contributed by atoms with Gasteiger partial charge in [-0.3, -0.25) is 10.6 Å². The largest absolute Gasteiger partial charge is 0.323 e. The number of nitrogens with one attached hydrogen (secondary N) is 1. The summed E-state index contributed by atoms with van der Waals surface area (Å²) >= 11 is 0. The van der Waals surface area contributed by atoms with E-state index in [0.29, 0.717) is 17.9 Å². The van der Waals surface area contributed by atoms with Crippen LogP contribution in [0.5, 0.6) is 0 Å². The van der Waals surface area contributed by atoms with Crippen LogP contribution in [0.4, 0.5) is 11.4 Å². The number of nitrogens with two attached hydrogens (primary N) is 1. The third kappa shape index (κ3) is 3.79. The molecule has 0 bridgehead atoms. The number of nitrogens with zero attached hydrogens (tertiary/aromatic N) is 2. The molecule has 0 saturated heterocycles. The van der Waals surface area contributed by atoms with Gasteiger partial charge in [-0.05, 0) is 30.7 Å². The number of anilines is 2. The van der Waals surface area contributed by atoms with Crippen LogP contribution in [-0.4, -0.2) is 17.4 Å². The molecule has 0 radical (unpaired) electrons. The minimum absolute atomic E-state index is 0.0989. The minimum atomic E-state index is -0.0989. The van der Waals surface area contributed by atoms with Gasteiger partial charge in [0.25, 0.3) is 5.91 Å². The number of unbranched alkanes of at least 4 members (excludes halogenated alkanes) is 1. The summed E-state index contributed by atoms with van der Waals surface area (Å²) in [7, 11) is 0. The van der Waals surface area contributed by atoms with Gasteiger partial charge in [0, 0.05) is 12.2 Å². The van der Waals surface area contributed by atoms with E-state index in [1.807, 2.05) is 30.3 Å². The highest BCUT2D eigenvalue weighted by Crippen LogP contribution is 2.17. The molecule has 21 heavy (non-hydrogen) atoms. The number of rotatable bonds is 6. The van der Waals surface area contributed by atoms with Crippen LogP contribution < -0.4 is 16.2 Å². The van der Waals surface area contributed by atoms with E-state index >= 15 is 0 Å². The lowest BCUT2D eigenvalue weighted by atomic mass is 10.2. The molecule has 2 aromatic rings. The molecule has 0 unspecified atom stereocenters. The summed E-state index contributed by atoms with van der Waals surface area (Å²) in [6.45, 7) is 2.78. The first kappa shape index (κ1) is 15.0. The van der Waals surface area contributed by atoms with Crippen molar-refractivity contribution in [1.29, 1.82) is 0 Å². The Kier molecular flexibility index (Phi) is 5.29. The number of para-hydroxylation sites is 1. The number of hydrogen-bond acceptors (Lipinski definition) is 4. The number of hydrazine groups is 1. The molecule has 0 fully saturated rings. The Labute approximate surface area is 124 Å². The molecule has 3 N–H and O–H groups in total. The van der Waals surface area contributed by atoms with Gasteiger partial charge in [-0.1, -0.05) is 31.5 Å². The van der Waals surface area contributed by atoms with Gasteiger partial charge in [-0.15, -0.1) is 0 Å². The molecule has 0 atom stereocenters. The fraction of sp³-hybridized carbons (Fsp3) is 0.250. The zero-order chi connectivity index (χ0) is 15.1. The van der Waals surface area contributed by atoms with Crippen molar-refractivity contribution >= 4 is 17.3 Å². The fourth-order valence-corrected chi connectivity index (χ4v) is 2.02. The molecule has 5 nitrogen and oxygen atoms in total. The molecule has 5 heteroatoms. The van der Waals surface area contributed by atoms with E-state index in [-0.39, 0.29) is 5.91 Å². The van der Waals surface area contributed by atoms with E-state index in [4.69, 9.17) is 5.84 Å². The summed E-state index contributed by atoms with van der Waals surface area (Å²) in [4.78, 5) is 18.6. The van der Waals surface area contributed by atoms with E-state index in [2.05, 4.69) is 17.3 Å². The average molecular weight is 284 g/mol. The van der Waals surface area contributed by atoms with E-state index in [1.165, 1.54) is 0 Å². The monoisotopic (exact) mass is 284 g/mol. The number of carbonyl (C=O) groups excluding carboxylic acids is 1. The molecule has 0 saturated carbocycles. The predicted molar refractivity (Wildman–Crippen MR) is 85.1 cm³/mol. The van der Waals surface area contributed by atoms with Gasteiger partial charge in [0.05, 0.1) is 11.9 Å². The lowest BCUT2D eigenvalue weighted by Crippen LogP contribution is -2.32. The highest BCUT2D eigenvalue weighted by molar-refractivity contribution is 6.04. The fourth-order valence-electron chi connectivity index (χ4n) is 2.02. The van der Waals surface area contributed by atoms with Gasteiger partial charge in [0.1, 0.15) is 5.69 Å². The molecule has 1 heterocycles. The van der Waals surface area contributed by atoms with Crippen LogP contribution in [0.25, 0.3) is 0 Å². The van der Waals surface area contributed by atoms with Crippen molar-refractivity contribution < 1.29 is 4.79 Å². The van der Waals surface area contributed by atoms with Crippen molar-refractivity contribution in [3.63, 3.8) is 0 Å². The SMILES string of the molecule is CCCCN(C(=O)c1ccc(NN)cn1)c1ccccc1. The third-order valence-corrected chi connectivity index (χ3v) is 3.20. The molecular formula is C16H20N4O. The number of hydrogen-bond donors (Lipinski definition) is 2. The Morgan fingerprint density at radius 1 is 1.24 bits per heavy atom. The summed E-state index contributed by atoms with van der Waals surface area (Å²) in [5.41, 5.74) is 4.47. The number of amides is 1. The first-order chi connectivity index (χ1) is 10.3. The zero-order valence-corrected chi connectivity index (χ0v) is 12.1. The maximum absolute atomic E-state index is 12.7. The standard InChI is InChI=1S/C16H20N4O/c1-2-3-11-20(14-7-5-4-6-8-14)16(21)15-10-9-13(19-17)12-18-15/h4-10,12,19H,2-3,11,17H2,1H3. The molecule has 0 spiro atoms. The van der Waals surface area contributed by atoms with E-state index < -0.39 is 0 Å². The number of benzene rings is 1. The number of pyridine rings is 1. The van der Waals surface area contributed by atoms with Crippen LogP contribution in [0.15, 0.2) is 48.7 Å². The second-order valence-electron chi connectivity index (χ2n) is 4.72. The summed E-state index contributed by atoms with van der Waals surface area (Å²) in [5.74, 6) is 5.21. The number of nitrogen functional groups attached to an aromatic ring is 1. The van der Waals surface area contributed by atoms with Crippen molar-refractivity contribution in [3.05, 3.63) is 54.4 Å². The zero-order valence-electron chi connectivity index (χ0n) is 12.1. The Balaban J connectivity index is 2.24. The molecule has 0 aliphatic rings. The first-order valence-electron chi connectivity index (χ1n) is 7.06. The molecule has 0 aliphatic carbocycles. The molecular weight excluding hydrogens is 264 g/mol. The Morgan fingerprint density at radius 3 is 2.57 bits per heavy atom. The van der Waals surface area contributed by atoms with E-state index in [9.17, 15) is 4.79 Å². The van der Waals surface area contributed by atoms with Gasteiger partial charge in [0.2, 0.25) is 0 Å². The summed E-state index contributed by atoms with van der Waals surface area (Å²) in [6.07, 6.45) is 3.53. The second kappa shape index (κ2) is 7.40. The summed E-state index contributed by atoms with van der Waals surface area (Å²) in [6, 6.07) is 13.1. The lowest BCUT2D eigenvalue weighted by molar-refractivity contribution is 0.0982. The van der Waals surface area contributed by atoms with Crippen molar-refractivity contribution in [2.24, 2.45) is 5.84 Å². The van der Waals surface area contributed by atoms with Crippen molar-refractivity contribution in [2.45, 2.75) is 19.8 Å².